The second kappa shape index (κ2) is 3.52. The number of rotatable bonds is 0. The molecule has 5 heteroatoms. The summed E-state index contributed by atoms with van der Waals surface area (Å²) in [5, 5.41) is 1.87. The van der Waals surface area contributed by atoms with Gasteiger partial charge in [-0.15, -0.1) is 11.8 Å². The Hall–Kier alpha value is -1.49. The van der Waals surface area contributed by atoms with Gasteiger partial charge in [0.2, 0.25) is 5.91 Å². The molecular weight excluding hydrogens is 222 g/mol. The Morgan fingerprint density at radius 1 is 1.50 bits per heavy atom. The molecule has 1 atom stereocenters. The standard InChI is InChI=1S/C11H11N3OS/c1-14-11-9(6-10(15)13-14)16-8-5-3-2-4-7(8)12-11/h2-5,9H,6H2,1H3,(H,13,15). The molecule has 3 rings (SSSR count). The Bertz CT molecular complexity index is 486. The molecule has 1 saturated heterocycles. The van der Waals surface area contributed by atoms with Crippen molar-refractivity contribution in [2.24, 2.45) is 4.99 Å². The Morgan fingerprint density at radius 3 is 3.19 bits per heavy atom. The maximum Gasteiger partial charge on any atom is 0.240 e. The lowest BCUT2D eigenvalue weighted by molar-refractivity contribution is -0.124. The number of benzene rings is 1. The summed E-state index contributed by atoms with van der Waals surface area (Å²) in [7, 11) is 1.83. The third-order valence-electron chi connectivity index (χ3n) is 2.66. The first-order valence-electron chi connectivity index (χ1n) is 5.11. The Morgan fingerprint density at radius 2 is 2.31 bits per heavy atom. The van der Waals surface area contributed by atoms with Crippen LogP contribution in [0.3, 0.4) is 0 Å². The number of hydrogen-bond donors (Lipinski definition) is 1. The van der Waals surface area contributed by atoms with Gasteiger partial charge in [0.1, 0.15) is 5.84 Å². The number of aliphatic imine (C=N–C) groups is 1. The highest BCUT2D eigenvalue weighted by atomic mass is 32.2. The topological polar surface area (TPSA) is 44.7 Å². The molecule has 2 heterocycles. The van der Waals surface area contributed by atoms with E-state index in [2.05, 4.69) is 10.4 Å². The third kappa shape index (κ3) is 1.48. The first-order valence-corrected chi connectivity index (χ1v) is 5.99. The van der Waals surface area contributed by atoms with E-state index in [4.69, 9.17) is 0 Å². The van der Waals surface area contributed by atoms with Gasteiger partial charge in [0.25, 0.3) is 0 Å². The number of nitrogens with zero attached hydrogens (tertiary/aromatic N) is 2. The largest absolute Gasteiger partial charge is 0.274 e. The molecule has 0 aromatic heterocycles. The summed E-state index contributed by atoms with van der Waals surface area (Å²) in [6.07, 6.45) is 0.502. The van der Waals surface area contributed by atoms with Gasteiger partial charge in [-0.25, -0.2) is 4.99 Å². The van der Waals surface area contributed by atoms with Crippen molar-refractivity contribution in [3.05, 3.63) is 24.3 Å². The normalized spacial score (nSPS) is 23.1. The van der Waals surface area contributed by atoms with E-state index in [1.165, 1.54) is 0 Å². The number of hydrazine groups is 1. The predicted molar refractivity (Wildman–Crippen MR) is 63.7 cm³/mol. The lowest BCUT2D eigenvalue weighted by Crippen LogP contribution is -2.53. The molecule has 1 unspecified atom stereocenters. The van der Waals surface area contributed by atoms with E-state index in [0.29, 0.717) is 6.42 Å². The van der Waals surface area contributed by atoms with Crippen molar-refractivity contribution < 1.29 is 4.79 Å². The molecule has 0 bridgehead atoms. The molecule has 1 N–H and O–H groups in total. The maximum absolute atomic E-state index is 11.4. The van der Waals surface area contributed by atoms with Crippen LogP contribution in [-0.4, -0.2) is 29.0 Å². The minimum absolute atomic E-state index is 0.0540. The lowest BCUT2D eigenvalue weighted by Gasteiger charge is -2.35. The second-order valence-electron chi connectivity index (χ2n) is 3.84. The number of para-hydroxylation sites is 1. The average molecular weight is 233 g/mol. The van der Waals surface area contributed by atoms with Gasteiger partial charge in [0, 0.05) is 18.4 Å². The SMILES string of the molecule is CN1NC(=O)CC2Sc3ccccc3N=C21. The molecule has 4 nitrogen and oxygen atoms in total. The molecule has 2 aliphatic heterocycles. The number of thioether (sulfide) groups is 1. The van der Waals surface area contributed by atoms with Crippen LogP contribution in [0, 0.1) is 0 Å². The van der Waals surface area contributed by atoms with Crippen LogP contribution >= 0.6 is 11.8 Å². The fourth-order valence-corrected chi connectivity index (χ4v) is 3.18. The molecule has 82 valence electrons. The quantitative estimate of drug-likeness (QED) is 0.739. The number of carbonyl (C=O) groups excluding carboxylic acids is 1. The van der Waals surface area contributed by atoms with Crippen LogP contribution in [0.1, 0.15) is 6.42 Å². The highest BCUT2D eigenvalue weighted by Crippen LogP contribution is 2.39. The summed E-state index contributed by atoms with van der Waals surface area (Å²) in [6.45, 7) is 0. The van der Waals surface area contributed by atoms with Crippen molar-refractivity contribution in [2.75, 3.05) is 7.05 Å². The zero-order chi connectivity index (χ0) is 11.1. The van der Waals surface area contributed by atoms with Crippen LogP contribution in [-0.2, 0) is 4.79 Å². The molecule has 0 radical (unpaired) electrons. The van der Waals surface area contributed by atoms with Crippen LogP contribution < -0.4 is 5.43 Å². The minimum atomic E-state index is 0.0540. The van der Waals surface area contributed by atoms with Crippen LogP contribution in [0.4, 0.5) is 5.69 Å². The molecule has 0 aliphatic carbocycles. The average Bonchev–Trinajstić information content (AvgIpc) is 2.27. The molecule has 1 fully saturated rings. The maximum atomic E-state index is 11.4. The summed E-state index contributed by atoms with van der Waals surface area (Å²) < 4.78 is 0. The molecule has 1 amide bonds. The molecule has 16 heavy (non-hydrogen) atoms. The first kappa shape index (κ1) is 9.72. The van der Waals surface area contributed by atoms with E-state index in [1.807, 2.05) is 31.3 Å². The van der Waals surface area contributed by atoms with Crippen LogP contribution in [0.15, 0.2) is 34.2 Å². The van der Waals surface area contributed by atoms with Gasteiger partial charge in [0.05, 0.1) is 10.9 Å². The number of carbonyl (C=O) groups is 1. The molecule has 2 aliphatic rings. The van der Waals surface area contributed by atoms with E-state index in [-0.39, 0.29) is 11.2 Å². The van der Waals surface area contributed by atoms with E-state index >= 15 is 0 Å². The lowest BCUT2D eigenvalue weighted by atomic mass is 10.2. The minimum Gasteiger partial charge on any atom is -0.274 e. The molecular formula is C11H11N3OS. The third-order valence-corrected chi connectivity index (χ3v) is 3.93. The monoisotopic (exact) mass is 233 g/mol. The van der Waals surface area contributed by atoms with Crippen molar-refractivity contribution >= 4 is 29.2 Å². The van der Waals surface area contributed by atoms with Crippen molar-refractivity contribution in [1.82, 2.24) is 10.4 Å². The molecule has 0 spiro atoms. The molecule has 1 aromatic carbocycles. The number of nitrogens with one attached hydrogen (secondary N) is 1. The smallest absolute Gasteiger partial charge is 0.240 e. The van der Waals surface area contributed by atoms with Crippen molar-refractivity contribution in [3.63, 3.8) is 0 Å². The summed E-state index contributed by atoms with van der Waals surface area (Å²) in [5.74, 6) is 0.988. The van der Waals surface area contributed by atoms with Crippen LogP contribution in [0.25, 0.3) is 0 Å². The zero-order valence-corrected chi connectivity index (χ0v) is 9.62. The summed E-state index contributed by atoms with van der Waals surface area (Å²) in [6, 6.07) is 8.02. The van der Waals surface area contributed by atoms with E-state index < -0.39 is 0 Å². The Kier molecular flexibility index (Phi) is 2.14. The number of amidine groups is 1. The highest BCUT2D eigenvalue weighted by Gasteiger charge is 2.33. The molecule has 0 saturated carbocycles. The van der Waals surface area contributed by atoms with Gasteiger partial charge in [-0.05, 0) is 12.1 Å². The Labute approximate surface area is 97.7 Å². The van der Waals surface area contributed by atoms with Crippen molar-refractivity contribution in [3.8, 4) is 0 Å². The summed E-state index contributed by atoms with van der Waals surface area (Å²) >= 11 is 1.72. The van der Waals surface area contributed by atoms with E-state index in [1.54, 1.807) is 16.8 Å². The number of amides is 1. The van der Waals surface area contributed by atoms with Crippen LogP contribution in [0.5, 0.6) is 0 Å². The summed E-state index contributed by atoms with van der Waals surface area (Å²) in [4.78, 5) is 17.2. The number of fused-ring (bicyclic) bond motifs is 2. The fraction of sp³-hybridized carbons (Fsp3) is 0.273. The van der Waals surface area contributed by atoms with E-state index in [0.717, 1.165) is 16.4 Å². The molecule has 1 aromatic rings. The first-order chi connectivity index (χ1) is 7.74. The van der Waals surface area contributed by atoms with Gasteiger partial charge in [-0.1, -0.05) is 12.1 Å². The van der Waals surface area contributed by atoms with Gasteiger partial charge in [0.15, 0.2) is 0 Å². The highest BCUT2D eigenvalue weighted by molar-refractivity contribution is 8.01. The predicted octanol–water partition coefficient (Wildman–Crippen LogP) is 1.56. The Balaban J connectivity index is 2.04. The summed E-state index contributed by atoms with van der Waals surface area (Å²) in [5.41, 5.74) is 3.75. The van der Waals surface area contributed by atoms with Crippen molar-refractivity contribution in [2.45, 2.75) is 16.6 Å². The van der Waals surface area contributed by atoms with Crippen molar-refractivity contribution in [1.29, 1.82) is 0 Å². The van der Waals surface area contributed by atoms with Gasteiger partial charge < -0.3 is 0 Å². The number of hydrogen-bond acceptors (Lipinski definition) is 4. The fourth-order valence-electron chi connectivity index (χ4n) is 1.93. The van der Waals surface area contributed by atoms with E-state index in [9.17, 15) is 4.79 Å². The van der Waals surface area contributed by atoms with Gasteiger partial charge >= 0.3 is 0 Å². The van der Waals surface area contributed by atoms with Gasteiger partial charge in [-0.2, -0.15) is 0 Å². The zero-order valence-electron chi connectivity index (χ0n) is 8.80. The van der Waals surface area contributed by atoms with Crippen LogP contribution in [0.2, 0.25) is 0 Å². The van der Waals surface area contributed by atoms with Gasteiger partial charge in [-0.3, -0.25) is 15.2 Å². The second-order valence-corrected chi connectivity index (χ2v) is 5.09.